The molecule has 1 fully saturated rings. The number of nitrogens with one attached hydrogen (secondary N) is 1. The van der Waals surface area contributed by atoms with Gasteiger partial charge in [-0.15, -0.1) is 0 Å². The lowest BCUT2D eigenvalue weighted by Gasteiger charge is -2.25. The second-order valence-electron chi connectivity index (χ2n) is 6.17. The van der Waals surface area contributed by atoms with E-state index in [4.69, 9.17) is 0 Å². The predicted octanol–water partition coefficient (Wildman–Crippen LogP) is 1.85. The Balaban J connectivity index is 1.86. The van der Waals surface area contributed by atoms with Crippen LogP contribution >= 0.6 is 0 Å². The quantitative estimate of drug-likeness (QED) is 0.877. The summed E-state index contributed by atoms with van der Waals surface area (Å²) in [6, 6.07) is 1.05. The molecule has 2 aromatic rings. The number of hydrogen-bond donors (Lipinski definition) is 2. The molecule has 9 heteroatoms. The summed E-state index contributed by atoms with van der Waals surface area (Å²) < 4.78 is 28.0. The van der Waals surface area contributed by atoms with Gasteiger partial charge < -0.3 is 15.0 Å². The molecule has 1 amide bonds. The first-order valence-corrected chi connectivity index (χ1v) is 8.06. The second-order valence-corrected chi connectivity index (χ2v) is 6.17. The van der Waals surface area contributed by atoms with Gasteiger partial charge in [0.05, 0.1) is 30.0 Å². The first-order chi connectivity index (χ1) is 11.9. The van der Waals surface area contributed by atoms with Gasteiger partial charge in [0.1, 0.15) is 5.69 Å². The number of rotatable bonds is 4. The van der Waals surface area contributed by atoms with E-state index in [0.29, 0.717) is 31.4 Å². The van der Waals surface area contributed by atoms with Gasteiger partial charge in [0.15, 0.2) is 0 Å². The molecule has 0 saturated heterocycles. The van der Waals surface area contributed by atoms with Crippen molar-refractivity contribution in [1.29, 1.82) is 0 Å². The summed E-state index contributed by atoms with van der Waals surface area (Å²) >= 11 is 0. The van der Waals surface area contributed by atoms with E-state index in [2.05, 4.69) is 20.3 Å². The number of nitrogens with zero attached hydrogens (tertiary/aromatic N) is 4. The third-order valence-electron chi connectivity index (χ3n) is 4.28. The molecular weight excluding hydrogens is 332 g/mol. The lowest BCUT2D eigenvalue weighted by atomic mass is 9.93. The summed E-state index contributed by atoms with van der Waals surface area (Å²) in [6.07, 6.45) is 2.32. The largest absolute Gasteiger partial charge is 0.393 e. The molecule has 7 nitrogen and oxygen atoms in total. The van der Waals surface area contributed by atoms with E-state index in [-0.39, 0.29) is 23.7 Å². The van der Waals surface area contributed by atoms with Crippen molar-refractivity contribution in [2.24, 2.45) is 7.05 Å². The number of aliphatic hydroxyl groups is 1. The van der Waals surface area contributed by atoms with Crippen LogP contribution in [0.15, 0.2) is 18.6 Å². The summed E-state index contributed by atoms with van der Waals surface area (Å²) in [4.78, 5) is 24.2. The molecule has 0 bridgehead atoms. The Bertz CT molecular complexity index is 757. The van der Waals surface area contributed by atoms with Crippen LogP contribution in [0.4, 0.5) is 8.78 Å². The molecule has 25 heavy (non-hydrogen) atoms. The molecule has 0 unspecified atom stereocenters. The van der Waals surface area contributed by atoms with E-state index in [1.165, 1.54) is 12.5 Å². The highest BCUT2D eigenvalue weighted by atomic mass is 19.3. The Kier molecular flexibility index (Phi) is 5.03. The van der Waals surface area contributed by atoms with Crippen LogP contribution in [0.3, 0.4) is 0 Å². The summed E-state index contributed by atoms with van der Waals surface area (Å²) in [5.41, 5.74) is 0.226. The van der Waals surface area contributed by atoms with E-state index >= 15 is 0 Å². The van der Waals surface area contributed by atoms with Crippen molar-refractivity contribution < 1.29 is 18.7 Å². The van der Waals surface area contributed by atoms with Gasteiger partial charge in [-0.25, -0.2) is 23.7 Å². The van der Waals surface area contributed by atoms with Crippen molar-refractivity contribution in [2.75, 3.05) is 0 Å². The normalized spacial score (nSPS) is 20.7. The highest BCUT2D eigenvalue weighted by molar-refractivity contribution is 5.91. The van der Waals surface area contributed by atoms with Crippen LogP contribution < -0.4 is 5.32 Å². The van der Waals surface area contributed by atoms with Gasteiger partial charge in [0, 0.05) is 13.1 Å². The predicted molar refractivity (Wildman–Crippen MR) is 84.9 cm³/mol. The molecule has 0 radical (unpaired) electrons. The minimum atomic E-state index is -2.81. The third-order valence-corrected chi connectivity index (χ3v) is 4.28. The Morgan fingerprint density at radius 2 is 2.04 bits per heavy atom. The zero-order valence-electron chi connectivity index (χ0n) is 13.7. The number of hydrogen-bond acceptors (Lipinski definition) is 5. The fraction of sp³-hybridized carbons (Fsp3) is 0.500. The zero-order valence-corrected chi connectivity index (χ0v) is 13.7. The van der Waals surface area contributed by atoms with Gasteiger partial charge in [0.2, 0.25) is 5.82 Å². The van der Waals surface area contributed by atoms with Crippen molar-refractivity contribution in [3.63, 3.8) is 0 Å². The molecule has 2 heterocycles. The number of aryl methyl sites for hydroxylation is 1. The molecule has 0 aliphatic heterocycles. The average Bonchev–Trinajstić information content (AvgIpc) is 3.02. The topological polar surface area (TPSA) is 92.9 Å². The van der Waals surface area contributed by atoms with E-state index in [0.717, 1.165) is 6.07 Å². The molecule has 1 aliphatic rings. The van der Waals surface area contributed by atoms with Gasteiger partial charge in [-0.2, -0.15) is 0 Å². The Labute approximate surface area is 143 Å². The molecular formula is C16H19F2N5O2. The molecule has 1 saturated carbocycles. The number of aromatic nitrogens is 4. The van der Waals surface area contributed by atoms with Crippen molar-refractivity contribution in [3.8, 4) is 11.4 Å². The molecule has 0 spiro atoms. The van der Waals surface area contributed by atoms with Crippen LogP contribution in [0, 0.1) is 0 Å². The molecule has 134 valence electrons. The van der Waals surface area contributed by atoms with Crippen molar-refractivity contribution in [2.45, 2.75) is 44.3 Å². The van der Waals surface area contributed by atoms with E-state index in [1.54, 1.807) is 11.6 Å². The fourth-order valence-electron chi connectivity index (χ4n) is 2.88. The molecule has 2 N–H and O–H groups in total. The smallest absolute Gasteiger partial charge is 0.289 e. The van der Waals surface area contributed by atoms with Crippen LogP contribution in [-0.2, 0) is 7.05 Å². The highest BCUT2D eigenvalue weighted by Crippen LogP contribution is 2.23. The van der Waals surface area contributed by atoms with Crippen molar-refractivity contribution >= 4 is 5.91 Å². The van der Waals surface area contributed by atoms with Crippen molar-refractivity contribution in [3.05, 3.63) is 30.1 Å². The lowest BCUT2D eigenvalue weighted by Crippen LogP contribution is -2.39. The number of carbonyl (C=O) groups is 1. The molecule has 1 aliphatic carbocycles. The van der Waals surface area contributed by atoms with Crippen LogP contribution in [0.2, 0.25) is 0 Å². The highest BCUT2D eigenvalue weighted by Gasteiger charge is 2.24. The minimum absolute atomic E-state index is 0.116. The Morgan fingerprint density at radius 1 is 1.32 bits per heavy atom. The summed E-state index contributed by atoms with van der Waals surface area (Å²) in [5, 5.41) is 12.3. The monoisotopic (exact) mass is 351 g/mol. The van der Waals surface area contributed by atoms with Gasteiger partial charge in [-0.1, -0.05) is 0 Å². The van der Waals surface area contributed by atoms with Crippen LogP contribution in [0.5, 0.6) is 0 Å². The Morgan fingerprint density at radius 3 is 2.64 bits per heavy atom. The second kappa shape index (κ2) is 7.22. The summed E-state index contributed by atoms with van der Waals surface area (Å²) in [5.74, 6) is -0.882. The molecule has 2 aromatic heterocycles. The maximum Gasteiger partial charge on any atom is 0.289 e. The van der Waals surface area contributed by atoms with Gasteiger partial charge in [0.25, 0.3) is 12.3 Å². The zero-order chi connectivity index (χ0) is 18.0. The maximum absolute atomic E-state index is 13.2. The van der Waals surface area contributed by atoms with Crippen LogP contribution in [0.1, 0.15) is 48.4 Å². The molecule has 0 aromatic carbocycles. The molecule has 3 rings (SSSR count). The average molecular weight is 351 g/mol. The number of amides is 1. The number of carbonyl (C=O) groups excluding carboxylic acids is 1. The molecule has 0 atom stereocenters. The van der Waals surface area contributed by atoms with Crippen LogP contribution in [0.25, 0.3) is 11.4 Å². The summed E-state index contributed by atoms with van der Waals surface area (Å²) in [7, 11) is 1.71. The Hall–Kier alpha value is -2.42. The first-order valence-electron chi connectivity index (χ1n) is 8.06. The standard InChI is InChI=1S/C16H19F2N5O2/c1-23-8-19-7-13(23)11-6-12(14(17)18)22-15(21-11)16(25)20-9-2-4-10(24)5-3-9/h6-10,14,24H,2-5H2,1H3,(H,20,25). The fourth-order valence-corrected chi connectivity index (χ4v) is 2.88. The SMILES string of the molecule is Cn1cncc1-c1cc(C(F)F)nc(C(=O)NC2CCC(O)CC2)n1. The third kappa shape index (κ3) is 3.98. The van der Waals surface area contributed by atoms with Crippen LogP contribution in [-0.4, -0.2) is 42.7 Å². The van der Waals surface area contributed by atoms with Gasteiger partial charge in [-0.3, -0.25) is 4.79 Å². The van der Waals surface area contributed by atoms with Gasteiger partial charge >= 0.3 is 0 Å². The van der Waals surface area contributed by atoms with E-state index < -0.39 is 18.0 Å². The number of alkyl halides is 2. The lowest BCUT2D eigenvalue weighted by molar-refractivity contribution is 0.0856. The first kappa shape index (κ1) is 17.4. The number of aliphatic hydroxyl groups excluding tert-OH is 1. The summed E-state index contributed by atoms with van der Waals surface area (Å²) in [6.45, 7) is 0. The maximum atomic E-state index is 13.2. The van der Waals surface area contributed by atoms with Gasteiger partial charge in [-0.05, 0) is 31.7 Å². The minimum Gasteiger partial charge on any atom is -0.393 e. The van der Waals surface area contributed by atoms with E-state index in [1.807, 2.05) is 0 Å². The van der Waals surface area contributed by atoms with E-state index in [9.17, 15) is 18.7 Å². The number of halogens is 2. The number of imidazole rings is 1. The van der Waals surface area contributed by atoms with Crippen molar-refractivity contribution in [1.82, 2.24) is 24.8 Å².